The molecule has 0 radical (unpaired) electrons. The van der Waals surface area contributed by atoms with Gasteiger partial charge in [0.15, 0.2) is 24.2 Å². The van der Waals surface area contributed by atoms with Crippen LogP contribution in [-0.4, -0.2) is 17.9 Å². The third-order valence-corrected chi connectivity index (χ3v) is 2.64. The average molecular weight is 294 g/mol. The second-order valence-corrected chi connectivity index (χ2v) is 4.17. The minimum Gasteiger partial charge on any atom is -0.478 e. The number of carbonyl (C=O) groups is 1. The molecule has 0 saturated heterocycles. The lowest BCUT2D eigenvalue weighted by atomic mass is 10.2. The molecule has 0 heterocycles. The first-order chi connectivity index (χ1) is 10.1. The third kappa shape index (κ3) is 4.00. The highest BCUT2D eigenvalue weighted by Gasteiger charge is 2.15. The molecule has 0 amide bonds. The molecule has 2 aromatic rings. The molecule has 4 nitrogen and oxygen atoms in total. The Labute approximate surface area is 119 Å². The van der Waals surface area contributed by atoms with E-state index < -0.39 is 28.9 Å². The van der Waals surface area contributed by atoms with Crippen molar-refractivity contribution in [3.63, 3.8) is 0 Å². The standard InChI is InChI=1S/C15H12F2O4/c16-12-6-11(15(18)19)7-13(17)14(12)21-9-20-8-10-4-2-1-3-5-10/h1-7H,8-9H2,(H,18,19). The Hall–Kier alpha value is -2.47. The summed E-state index contributed by atoms with van der Waals surface area (Å²) >= 11 is 0. The maximum Gasteiger partial charge on any atom is 0.335 e. The van der Waals surface area contributed by atoms with E-state index in [1.54, 1.807) is 0 Å². The molecule has 0 aliphatic rings. The monoisotopic (exact) mass is 294 g/mol. The summed E-state index contributed by atoms with van der Waals surface area (Å²) in [6.07, 6.45) is 0. The van der Waals surface area contributed by atoms with E-state index >= 15 is 0 Å². The molecule has 0 aliphatic heterocycles. The number of halogens is 2. The van der Waals surface area contributed by atoms with Crippen LogP contribution in [0.4, 0.5) is 8.78 Å². The Morgan fingerprint density at radius 3 is 2.29 bits per heavy atom. The van der Waals surface area contributed by atoms with Gasteiger partial charge in [-0.25, -0.2) is 13.6 Å². The molecule has 0 spiro atoms. The highest BCUT2D eigenvalue weighted by molar-refractivity contribution is 5.87. The van der Waals surface area contributed by atoms with E-state index in [1.165, 1.54) is 0 Å². The van der Waals surface area contributed by atoms with E-state index in [9.17, 15) is 13.6 Å². The van der Waals surface area contributed by atoms with Crippen LogP contribution in [0.1, 0.15) is 15.9 Å². The number of ether oxygens (including phenoxy) is 2. The SMILES string of the molecule is O=C(O)c1cc(F)c(OCOCc2ccccc2)c(F)c1. The van der Waals surface area contributed by atoms with Crippen LogP contribution in [0.5, 0.6) is 5.75 Å². The molecule has 2 rings (SSSR count). The van der Waals surface area contributed by atoms with Crippen LogP contribution in [0, 0.1) is 11.6 Å². The summed E-state index contributed by atoms with van der Waals surface area (Å²) in [6, 6.07) is 10.6. The van der Waals surface area contributed by atoms with Crippen molar-refractivity contribution in [1.82, 2.24) is 0 Å². The van der Waals surface area contributed by atoms with Crippen LogP contribution in [0.15, 0.2) is 42.5 Å². The maximum absolute atomic E-state index is 13.5. The third-order valence-electron chi connectivity index (χ3n) is 2.64. The predicted octanol–water partition coefficient (Wildman–Crippen LogP) is 3.22. The van der Waals surface area contributed by atoms with Crippen LogP contribution in [0.3, 0.4) is 0 Å². The predicted molar refractivity (Wildman–Crippen MR) is 70.0 cm³/mol. The Morgan fingerprint density at radius 1 is 1.10 bits per heavy atom. The lowest BCUT2D eigenvalue weighted by Crippen LogP contribution is -2.07. The molecule has 0 bridgehead atoms. The number of carboxylic acids is 1. The van der Waals surface area contributed by atoms with E-state index in [0.717, 1.165) is 5.56 Å². The van der Waals surface area contributed by atoms with Crippen molar-refractivity contribution in [2.45, 2.75) is 6.61 Å². The summed E-state index contributed by atoms with van der Waals surface area (Å²) in [6.45, 7) is -0.119. The molecular weight excluding hydrogens is 282 g/mol. The maximum atomic E-state index is 13.5. The molecule has 21 heavy (non-hydrogen) atoms. The Kier molecular flexibility index (Phi) is 4.84. The van der Waals surface area contributed by atoms with Gasteiger partial charge in [0, 0.05) is 0 Å². The summed E-state index contributed by atoms with van der Waals surface area (Å²) in [7, 11) is 0. The summed E-state index contributed by atoms with van der Waals surface area (Å²) < 4.78 is 37.1. The van der Waals surface area contributed by atoms with Gasteiger partial charge in [0.25, 0.3) is 0 Å². The number of rotatable bonds is 6. The fraction of sp³-hybridized carbons (Fsp3) is 0.133. The summed E-state index contributed by atoms with van der Waals surface area (Å²) in [4.78, 5) is 10.6. The normalized spacial score (nSPS) is 10.4. The minimum absolute atomic E-state index is 0.233. The Morgan fingerprint density at radius 2 is 1.71 bits per heavy atom. The van der Waals surface area contributed by atoms with Crippen molar-refractivity contribution in [2.75, 3.05) is 6.79 Å². The van der Waals surface area contributed by atoms with E-state index in [0.29, 0.717) is 12.1 Å². The van der Waals surface area contributed by atoms with Crippen molar-refractivity contribution < 1.29 is 28.2 Å². The molecule has 0 aliphatic carbocycles. The largest absolute Gasteiger partial charge is 0.478 e. The molecule has 0 aromatic heterocycles. The minimum atomic E-state index is -1.42. The summed E-state index contributed by atoms with van der Waals surface area (Å²) in [5.41, 5.74) is 0.408. The van der Waals surface area contributed by atoms with Gasteiger partial charge in [0.2, 0.25) is 0 Å². The first-order valence-electron chi connectivity index (χ1n) is 6.04. The highest BCUT2D eigenvalue weighted by Crippen LogP contribution is 2.23. The first kappa shape index (κ1) is 14.9. The summed E-state index contributed by atoms with van der Waals surface area (Å²) in [5, 5.41) is 8.67. The number of benzene rings is 2. The molecule has 110 valence electrons. The second kappa shape index (κ2) is 6.81. The second-order valence-electron chi connectivity index (χ2n) is 4.17. The summed E-state index contributed by atoms with van der Waals surface area (Å²) in [5.74, 6) is -4.25. The Bertz CT molecular complexity index is 606. The smallest absolute Gasteiger partial charge is 0.335 e. The quantitative estimate of drug-likeness (QED) is 0.656. The number of aromatic carboxylic acids is 1. The topological polar surface area (TPSA) is 55.8 Å². The molecule has 0 atom stereocenters. The Balaban J connectivity index is 1.93. The number of hydrogen-bond donors (Lipinski definition) is 1. The van der Waals surface area contributed by atoms with Crippen molar-refractivity contribution in [1.29, 1.82) is 0 Å². The van der Waals surface area contributed by atoms with Gasteiger partial charge in [-0.15, -0.1) is 0 Å². The van der Waals surface area contributed by atoms with Gasteiger partial charge in [-0.3, -0.25) is 0 Å². The van der Waals surface area contributed by atoms with Crippen molar-refractivity contribution in [3.05, 3.63) is 65.2 Å². The number of carboxylic acid groups (broad SMARTS) is 1. The zero-order valence-corrected chi connectivity index (χ0v) is 10.9. The number of hydrogen-bond acceptors (Lipinski definition) is 3. The van der Waals surface area contributed by atoms with Crippen molar-refractivity contribution in [2.24, 2.45) is 0 Å². The fourth-order valence-corrected chi connectivity index (χ4v) is 1.66. The van der Waals surface area contributed by atoms with E-state index in [1.807, 2.05) is 30.3 Å². The molecule has 1 N–H and O–H groups in total. The lowest BCUT2D eigenvalue weighted by Gasteiger charge is -2.09. The molecular formula is C15H12F2O4. The van der Waals surface area contributed by atoms with Gasteiger partial charge in [0.1, 0.15) is 0 Å². The van der Waals surface area contributed by atoms with Crippen LogP contribution in [-0.2, 0) is 11.3 Å². The van der Waals surface area contributed by atoms with Gasteiger partial charge in [-0.2, -0.15) is 0 Å². The van der Waals surface area contributed by atoms with Gasteiger partial charge in [-0.05, 0) is 17.7 Å². The lowest BCUT2D eigenvalue weighted by molar-refractivity contribution is 0.000843. The van der Waals surface area contributed by atoms with Crippen LogP contribution >= 0.6 is 0 Å². The average Bonchev–Trinajstić information content (AvgIpc) is 2.46. The van der Waals surface area contributed by atoms with Gasteiger partial charge >= 0.3 is 5.97 Å². The molecule has 0 saturated carbocycles. The van der Waals surface area contributed by atoms with Crippen LogP contribution < -0.4 is 4.74 Å². The van der Waals surface area contributed by atoms with Crippen LogP contribution in [0.2, 0.25) is 0 Å². The van der Waals surface area contributed by atoms with E-state index in [2.05, 4.69) is 0 Å². The molecule has 0 fully saturated rings. The van der Waals surface area contributed by atoms with Crippen molar-refractivity contribution >= 4 is 5.97 Å². The van der Waals surface area contributed by atoms with Gasteiger partial charge in [0.05, 0.1) is 12.2 Å². The highest BCUT2D eigenvalue weighted by atomic mass is 19.1. The van der Waals surface area contributed by atoms with Crippen molar-refractivity contribution in [3.8, 4) is 5.75 Å². The van der Waals surface area contributed by atoms with Gasteiger partial charge < -0.3 is 14.6 Å². The zero-order chi connectivity index (χ0) is 15.2. The fourth-order valence-electron chi connectivity index (χ4n) is 1.66. The molecule has 0 unspecified atom stereocenters. The molecule has 2 aromatic carbocycles. The first-order valence-corrected chi connectivity index (χ1v) is 6.04. The van der Waals surface area contributed by atoms with E-state index in [4.69, 9.17) is 14.6 Å². The zero-order valence-electron chi connectivity index (χ0n) is 10.9. The van der Waals surface area contributed by atoms with E-state index in [-0.39, 0.29) is 13.4 Å². The van der Waals surface area contributed by atoms with Gasteiger partial charge in [-0.1, -0.05) is 30.3 Å². The molecule has 6 heteroatoms. The van der Waals surface area contributed by atoms with Crippen LogP contribution in [0.25, 0.3) is 0 Å².